The SMILES string of the molecule is CCCC(Sc1ccc2c(c1)OCCO2)C(=O)O. The van der Waals surface area contributed by atoms with Crippen molar-refractivity contribution in [1.29, 1.82) is 0 Å². The zero-order chi connectivity index (χ0) is 13.0. The maximum Gasteiger partial charge on any atom is 0.316 e. The van der Waals surface area contributed by atoms with Gasteiger partial charge in [0.05, 0.1) is 0 Å². The predicted octanol–water partition coefficient (Wildman–Crippen LogP) is 2.80. The summed E-state index contributed by atoms with van der Waals surface area (Å²) >= 11 is 1.36. The van der Waals surface area contributed by atoms with Crippen molar-refractivity contribution in [1.82, 2.24) is 0 Å². The highest BCUT2D eigenvalue weighted by Crippen LogP contribution is 2.36. The summed E-state index contributed by atoms with van der Waals surface area (Å²) < 4.78 is 10.9. The Morgan fingerprint density at radius 3 is 2.78 bits per heavy atom. The molecule has 1 aromatic rings. The first kappa shape index (κ1) is 13.1. The normalized spacial score (nSPS) is 15.2. The van der Waals surface area contributed by atoms with Gasteiger partial charge in [-0.15, -0.1) is 11.8 Å². The summed E-state index contributed by atoms with van der Waals surface area (Å²) in [5.41, 5.74) is 0. The second kappa shape index (κ2) is 6.00. The molecule has 1 aromatic carbocycles. The van der Waals surface area contributed by atoms with Crippen LogP contribution >= 0.6 is 11.8 Å². The monoisotopic (exact) mass is 268 g/mol. The van der Waals surface area contributed by atoms with Crippen molar-refractivity contribution in [2.24, 2.45) is 0 Å². The Morgan fingerprint density at radius 1 is 1.39 bits per heavy atom. The minimum Gasteiger partial charge on any atom is -0.486 e. The van der Waals surface area contributed by atoms with Crippen molar-refractivity contribution in [2.45, 2.75) is 29.9 Å². The Labute approximate surface area is 110 Å². The van der Waals surface area contributed by atoms with Gasteiger partial charge in [-0.05, 0) is 24.6 Å². The van der Waals surface area contributed by atoms with Crippen molar-refractivity contribution in [3.8, 4) is 11.5 Å². The van der Waals surface area contributed by atoms with Crippen LogP contribution in [-0.2, 0) is 4.79 Å². The van der Waals surface area contributed by atoms with Crippen molar-refractivity contribution in [3.63, 3.8) is 0 Å². The molecule has 1 atom stereocenters. The molecule has 1 unspecified atom stereocenters. The highest BCUT2D eigenvalue weighted by molar-refractivity contribution is 8.00. The van der Waals surface area contributed by atoms with Crippen LogP contribution in [0.5, 0.6) is 11.5 Å². The second-order valence-corrected chi connectivity index (χ2v) is 5.32. The molecule has 1 heterocycles. The zero-order valence-electron chi connectivity index (χ0n) is 10.2. The van der Waals surface area contributed by atoms with Gasteiger partial charge in [-0.1, -0.05) is 13.3 Å². The van der Waals surface area contributed by atoms with Crippen molar-refractivity contribution in [3.05, 3.63) is 18.2 Å². The molecule has 1 aliphatic heterocycles. The van der Waals surface area contributed by atoms with E-state index >= 15 is 0 Å². The first-order valence-electron chi connectivity index (χ1n) is 6.00. The third-order valence-electron chi connectivity index (χ3n) is 2.62. The summed E-state index contributed by atoms with van der Waals surface area (Å²) in [6.45, 7) is 3.09. The highest BCUT2D eigenvalue weighted by atomic mass is 32.2. The summed E-state index contributed by atoms with van der Waals surface area (Å²) in [5.74, 6) is 0.664. The molecule has 18 heavy (non-hydrogen) atoms. The number of carbonyl (C=O) groups is 1. The Balaban J connectivity index is 2.11. The smallest absolute Gasteiger partial charge is 0.316 e. The molecular weight excluding hydrogens is 252 g/mol. The number of hydrogen-bond acceptors (Lipinski definition) is 4. The molecule has 0 bridgehead atoms. The molecule has 0 saturated carbocycles. The van der Waals surface area contributed by atoms with E-state index in [9.17, 15) is 4.79 Å². The Hall–Kier alpha value is -1.36. The minimum absolute atomic E-state index is 0.405. The van der Waals surface area contributed by atoms with Gasteiger partial charge in [-0.3, -0.25) is 4.79 Å². The number of fused-ring (bicyclic) bond motifs is 1. The number of rotatable bonds is 5. The van der Waals surface area contributed by atoms with Crippen LogP contribution in [0.4, 0.5) is 0 Å². The van der Waals surface area contributed by atoms with Crippen molar-refractivity contribution in [2.75, 3.05) is 13.2 Å². The number of aliphatic carboxylic acids is 1. The van der Waals surface area contributed by atoms with Gasteiger partial charge in [-0.25, -0.2) is 0 Å². The molecule has 2 rings (SSSR count). The summed E-state index contributed by atoms with van der Waals surface area (Å²) in [6.07, 6.45) is 1.52. The number of ether oxygens (including phenoxy) is 2. The van der Waals surface area contributed by atoms with Gasteiger partial charge in [0.2, 0.25) is 0 Å². The lowest BCUT2D eigenvalue weighted by Gasteiger charge is -2.19. The topological polar surface area (TPSA) is 55.8 Å². The maximum absolute atomic E-state index is 11.1. The van der Waals surface area contributed by atoms with E-state index in [4.69, 9.17) is 14.6 Å². The van der Waals surface area contributed by atoms with Crippen LogP contribution in [0.2, 0.25) is 0 Å². The maximum atomic E-state index is 11.1. The molecular formula is C13H16O4S. The second-order valence-electron chi connectivity index (χ2n) is 4.04. The van der Waals surface area contributed by atoms with E-state index in [0.29, 0.717) is 25.4 Å². The molecule has 0 aromatic heterocycles. The van der Waals surface area contributed by atoms with E-state index in [2.05, 4.69) is 0 Å². The summed E-state index contributed by atoms with van der Waals surface area (Å²) in [7, 11) is 0. The average Bonchev–Trinajstić information content (AvgIpc) is 2.38. The molecule has 5 heteroatoms. The summed E-state index contributed by atoms with van der Waals surface area (Å²) in [6, 6.07) is 5.57. The largest absolute Gasteiger partial charge is 0.486 e. The van der Waals surface area contributed by atoms with E-state index in [-0.39, 0.29) is 0 Å². The van der Waals surface area contributed by atoms with Gasteiger partial charge in [0.1, 0.15) is 18.5 Å². The molecule has 0 aliphatic carbocycles. The number of benzene rings is 1. The Bertz CT molecular complexity index is 433. The Morgan fingerprint density at radius 2 is 2.11 bits per heavy atom. The van der Waals surface area contributed by atoms with Crippen LogP contribution in [-0.4, -0.2) is 29.5 Å². The molecule has 0 amide bonds. The highest BCUT2D eigenvalue weighted by Gasteiger charge is 2.19. The molecule has 0 spiro atoms. The summed E-state index contributed by atoms with van der Waals surface area (Å²) in [4.78, 5) is 12.0. The first-order valence-corrected chi connectivity index (χ1v) is 6.87. The molecule has 1 N–H and O–H groups in total. The molecule has 0 saturated heterocycles. The fourth-order valence-electron chi connectivity index (χ4n) is 1.76. The lowest BCUT2D eigenvalue weighted by molar-refractivity contribution is -0.136. The standard InChI is InChI=1S/C13H16O4S/c1-2-3-12(13(14)15)18-9-4-5-10-11(8-9)17-7-6-16-10/h4-5,8,12H,2-3,6-7H2,1H3,(H,14,15). The van der Waals surface area contributed by atoms with Crippen LogP contribution in [0.15, 0.2) is 23.1 Å². The van der Waals surface area contributed by atoms with Gasteiger partial charge >= 0.3 is 5.97 Å². The predicted molar refractivity (Wildman–Crippen MR) is 69.6 cm³/mol. The fourth-order valence-corrected chi connectivity index (χ4v) is 2.86. The van der Waals surface area contributed by atoms with Gasteiger partial charge in [0, 0.05) is 4.90 Å². The third kappa shape index (κ3) is 3.10. The van der Waals surface area contributed by atoms with Crippen LogP contribution < -0.4 is 9.47 Å². The number of carboxylic acid groups (broad SMARTS) is 1. The average molecular weight is 268 g/mol. The van der Waals surface area contributed by atoms with E-state index in [0.717, 1.165) is 17.1 Å². The summed E-state index contributed by atoms with van der Waals surface area (Å²) in [5, 5.41) is 8.72. The van der Waals surface area contributed by atoms with Gasteiger partial charge in [-0.2, -0.15) is 0 Å². The van der Waals surface area contributed by atoms with Gasteiger partial charge in [0.15, 0.2) is 11.5 Å². The number of carboxylic acids is 1. The van der Waals surface area contributed by atoms with Gasteiger partial charge < -0.3 is 14.6 Å². The van der Waals surface area contributed by atoms with Crippen LogP contribution in [0, 0.1) is 0 Å². The molecule has 1 aliphatic rings. The first-order chi connectivity index (χ1) is 8.70. The van der Waals surface area contributed by atoms with Gasteiger partial charge in [0.25, 0.3) is 0 Å². The molecule has 4 nitrogen and oxygen atoms in total. The number of thioether (sulfide) groups is 1. The van der Waals surface area contributed by atoms with Crippen LogP contribution in [0.25, 0.3) is 0 Å². The van der Waals surface area contributed by atoms with E-state index in [1.165, 1.54) is 11.8 Å². The van der Waals surface area contributed by atoms with E-state index in [1.807, 2.05) is 25.1 Å². The van der Waals surface area contributed by atoms with E-state index in [1.54, 1.807) is 0 Å². The van der Waals surface area contributed by atoms with Crippen molar-refractivity contribution >= 4 is 17.7 Å². The van der Waals surface area contributed by atoms with Crippen molar-refractivity contribution < 1.29 is 19.4 Å². The zero-order valence-corrected chi connectivity index (χ0v) is 11.0. The third-order valence-corrected chi connectivity index (χ3v) is 3.87. The lowest BCUT2D eigenvalue weighted by Crippen LogP contribution is -2.16. The van der Waals surface area contributed by atoms with Crippen LogP contribution in [0.3, 0.4) is 0 Å². The molecule has 0 fully saturated rings. The number of hydrogen-bond donors (Lipinski definition) is 1. The van der Waals surface area contributed by atoms with Crippen LogP contribution in [0.1, 0.15) is 19.8 Å². The quantitative estimate of drug-likeness (QED) is 0.832. The Kier molecular flexibility index (Phi) is 4.36. The minimum atomic E-state index is -0.767. The molecule has 0 radical (unpaired) electrons. The fraction of sp³-hybridized carbons (Fsp3) is 0.462. The molecule has 98 valence electrons. The van der Waals surface area contributed by atoms with E-state index < -0.39 is 11.2 Å². The lowest BCUT2D eigenvalue weighted by atomic mass is 10.2.